The van der Waals surface area contributed by atoms with Gasteiger partial charge in [-0.3, -0.25) is 4.98 Å². The minimum Gasteiger partial charge on any atom is -0.478 e. The van der Waals surface area contributed by atoms with Crippen molar-refractivity contribution in [2.75, 3.05) is 13.1 Å². The first-order valence-corrected chi connectivity index (χ1v) is 6.98. The highest BCUT2D eigenvalue weighted by atomic mass is 16.4. The third kappa shape index (κ3) is 2.27. The molecule has 0 bridgehead atoms. The number of rotatable bonds is 2. The number of aromatic carboxylic acids is 1. The zero-order chi connectivity index (χ0) is 14.1. The minimum absolute atomic E-state index is 0.279. The summed E-state index contributed by atoms with van der Waals surface area (Å²) in [7, 11) is 0. The SMILES string of the molecule is CC1CNC[C@@H](c2ccc(C(=O)O)c3ncccc23)C1. The molecule has 1 aromatic carbocycles. The van der Waals surface area contributed by atoms with E-state index < -0.39 is 5.97 Å². The van der Waals surface area contributed by atoms with Gasteiger partial charge in [-0.15, -0.1) is 0 Å². The van der Waals surface area contributed by atoms with E-state index in [2.05, 4.69) is 17.2 Å². The number of fused-ring (bicyclic) bond motifs is 1. The molecule has 20 heavy (non-hydrogen) atoms. The number of aromatic nitrogens is 1. The van der Waals surface area contributed by atoms with Crippen LogP contribution in [0.25, 0.3) is 10.9 Å². The Morgan fingerprint density at radius 2 is 2.20 bits per heavy atom. The van der Waals surface area contributed by atoms with Crippen LogP contribution < -0.4 is 5.32 Å². The van der Waals surface area contributed by atoms with Gasteiger partial charge in [0.15, 0.2) is 0 Å². The highest BCUT2D eigenvalue weighted by molar-refractivity contribution is 6.02. The van der Waals surface area contributed by atoms with Gasteiger partial charge in [0.25, 0.3) is 0 Å². The number of nitrogens with zero attached hydrogens (tertiary/aromatic N) is 1. The fraction of sp³-hybridized carbons (Fsp3) is 0.375. The van der Waals surface area contributed by atoms with E-state index in [1.165, 1.54) is 5.56 Å². The Labute approximate surface area is 117 Å². The molecule has 2 atom stereocenters. The van der Waals surface area contributed by atoms with Gasteiger partial charge in [0.2, 0.25) is 0 Å². The lowest BCUT2D eigenvalue weighted by atomic mass is 9.84. The molecular weight excluding hydrogens is 252 g/mol. The van der Waals surface area contributed by atoms with E-state index in [9.17, 15) is 9.90 Å². The fourth-order valence-corrected chi connectivity index (χ4v) is 3.12. The van der Waals surface area contributed by atoms with Gasteiger partial charge in [-0.05, 0) is 42.5 Å². The van der Waals surface area contributed by atoms with E-state index in [1.807, 2.05) is 18.2 Å². The molecule has 1 aliphatic rings. The second-order valence-corrected chi connectivity index (χ2v) is 5.60. The van der Waals surface area contributed by atoms with Crippen molar-refractivity contribution in [1.29, 1.82) is 0 Å². The van der Waals surface area contributed by atoms with E-state index in [0.29, 0.717) is 17.4 Å². The zero-order valence-electron chi connectivity index (χ0n) is 11.5. The Morgan fingerprint density at radius 1 is 1.35 bits per heavy atom. The van der Waals surface area contributed by atoms with Crippen LogP contribution in [0.2, 0.25) is 0 Å². The van der Waals surface area contributed by atoms with Crippen LogP contribution in [0.1, 0.15) is 35.2 Å². The normalized spacial score (nSPS) is 22.9. The van der Waals surface area contributed by atoms with Crippen molar-refractivity contribution in [3.8, 4) is 0 Å². The summed E-state index contributed by atoms with van der Waals surface area (Å²) in [6, 6.07) is 7.49. The lowest BCUT2D eigenvalue weighted by molar-refractivity contribution is 0.0699. The quantitative estimate of drug-likeness (QED) is 0.880. The number of nitrogens with one attached hydrogen (secondary N) is 1. The topological polar surface area (TPSA) is 62.2 Å². The van der Waals surface area contributed by atoms with Crippen molar-refractivity contribution in [2.45, 2.75) is 19.3 Å². The van der Waals surface area contributed by atoms with Gasteiger partial charge in [0.1, 0.15) is 0 Å². The average molecular weight is 270 g/mol. The van der Waals surface area contributed by atoms with E-state index >= 15 is 0 Å². The predicted octanol–water partition coefficient (Wildman–Crippen LogP) is 2.65. The molecule has 2 N–H and O–H groups in total. The minimum atomic E-state index is -0.921. The Bertz CT molecular complexity index is 654. The summed E-state index contributed by atoms with van der Waals surface area (Å²) < 4.78 is 0. The maximum atomic E-state index is 11.3. The number of carbonyl (C=O) groups is 1. The standard InChI is InChI=1S/C16H18N2O2/c1-10-7-11(9-17-8-10)12-4-5-14(16(19)20)15-13(12)3-2-6-18-15/h2-6,10-11,17H,7-9H2,1H3,(H,19,20)/t10?,11-/m0/s1. The van der Waals surface area contributed by atoms with Gasteiger partial charge in [-0.25, -0.2) is 4.79 Å². The molecule has 1 aromatic heterocycles. The second kappa shape index (κ2) is 5.21. The van der Waals surface area contributed by atoms with Crippen molar-refractivity contribution >= 4 is 16.9 Å². The van der Waals surface area contributed by atoms with Gasteiger partial charge >= 0.3 is 5.97 Å². The lowest BCUT2D eigenvalue weighted by Gasteiger charge is -2.29. The Hall–Kier alpha value is -1.94. The molecule has 2 aromatic rings. The first-order valence-electron chi connectivity index (χ1n) is 6.98. The largest absolute Gasteiger partial charge is 0.478 e. The number of piperidine rings is 1. The van der Waals surface area contributed by atoms with Crippen LogP contribution >= 0.6 is 0 Å². The van der Waals surface area contributed by atoms with E-state index in [1.54, 1.807) is 12.3 Å². The third-order valence-corrected chi connectivity index (χ3v) is 4.04. The van der Waals surface area contributed by atoms with Gasteiger partial charge in [-0.2, -0.15) is 0 Å². The van der Waals surface area contributed by atoms with Crippen molar-refractivity contribution in [3.05, 3.63) is 41.6 Å². The van der Waals surface area contributed by atoms with Crippen molar-refractivity contribution in [3.63, 3.8) is 0 Å². The Balaban J connectivity index is 2.12. The molecule has 1 unspecified atom stereocenters. The molecule has 0 spiro atoms. The van der Waals surface area contributed by atoms with Gasteiger partial charge in [0.05, 0.1) is 11.1 Å². The molecular formula is C16H18N2O2. The lowest BCUT2D eigenvalue weighted by Crippen LogP contribution is -2.33. The highest BCUT2D eigenvalue weighted by Gasteiger charge is 2.23. The maximum absolute atomic E-state index is 11.3. The van der Waals surface area contributed by atoms with E-state index in [-0.39, 0.29) is 5.56 Å². The number of benzene rings is 1. The van der Waals surface area contributed by atoms with Crippen LogP contribution in [0.3, 0.4) is 0 Å². The molecule has 1 fully saturated rings. The van der Waals surface area contributed by atoms with Crippen molar-refractivity contribution in [1.82, 2.24) is 10.3 Å². The molecule has 104 valence electrons. The number of pyridine rings is 1. The predicted molar refractivity (Wildman–Crippen MR) is 78.1 cm³/mol. The fourth-order valence-electron chi connectivity index (χ4n) is 3.12. The van der Waals surface area contributed by atoms with Crippen LogP contribution in [0, 0.1) is 5.92 Å². The van der Waals surface area contributed by atoms with Crippen molar-refractivity contribution in [2.24, 2.45) is 5.92 Å². The van der Waals surface area contributed by atoms with Crippen LogP contribution in [0.15, 0.2) is 30.5 Å². The van der Waals surface area contributed by atoms with E-state index in [0.717, 1.165) is 24.9 Å². The zero-order valence-corrected chi connectivity index (χ0v) is 11.5. The van der Waals surface area contributed by atoms with Crippen molar-refractivity contribution < 1.29 is 9.90 Å². The first-order chi connectivity index (χ1) is 9.66. The van der Waals surface area contributed by atoms with Gasteiger partial charge in [-0.1, -0.05) is 19.1 Å². The van der Waals surface area contributed by atoms with Crippen LogP contribution in [-0.2, 0) is 0 Å². The van der Waals surface area contributed by atoms with Gasteiger partial charge in [0, 0.05) is 18.1 Å². The Morgan fingerprint density at radius 3 is 2.95 bits per heavy atom. The number of hydrogen-bond acceptors (Lipinski definition) is 3. The van der Waals surface area contributed by atoms with Crippen LogP contribution in [0.5, 0.6) is 0 Å². The molecule has 1 saturated heterocycles. The maximum Gasteiger partial charge on any atom is 0.337 e. The number of carboxylic acid groups (broad SMARTS) is 1. The molecule has 4 heteroatoms. The summed E-state index contributed by atoms with van der Waals surface area (Å²) in [5, 5.41) is 13.7. The van der Waals surface area contributed by atoms with Gasteiger partial charge < -0.3 is 10.4 Å². The Kier molecular flexibility index (Phi) is 3.40. The average Bonchev–Trinajstić information content (AvgIpc) is 2.46. The summed E-state index contributed by atoms with van der Waals surface area (Å²) in [6.07, 6.45) is 2.78. The summed E-state index contributed by atoms with van der Waals surface area (Å²) in [4.78, 5) is 15.6. The molecule has 0 saturated carbocycles. The summed E-state index contributed by atoms with van der Waals surface area (Å²) in [5.41, 5.74) is 2.08. The summed E-state index contributed by atoms with van der Waals surface area (Å²) in [5.74, 6) is 0.142. The molecule has 3 rings (SSSR count). The molecule has 0 radical (unpaired) electrons. The molecule has 2 heterocycles. The van der Waals surface area contributed by atoms with Crippen LogP contribution in [-0.4, -0.2) is 29.1 Å². The molecule has 1 aliphatic heterocycles. The molecule has 4 nitrogen and oxygen atoms in total. The highest BCUT2D eigenvalue weighted by Crippen LogP contribution is 2.32. The first kappa shape index (κ1) is 13.1. The molecule has 0 aliphatic carbocycles. The summed E-state index contributed by atoms with van der Waals surface area (Å²) in [6.45, 7) is 4.24. The van der Waals surface area contributed by atoms with Crippen LogP contribution in [0.4, 0.5) is 0 Å². The smallest absolute Gasteiger partial charge is 0.337 e. The number of carboxylic acids is 1. The molecule has 0 amide bonds. The third-order valence-electron chi connectivity index (χ3n) is 4.04. The second-order valence-electron chi connectivity index (χ2n) is 5.60. The monoisotopic (exact) mass is 270 g/mol. The van der Waals surface area contributed by atoms with E-state index in [4.69, 9.17) is 0 Å². The summed E-state index contributed by atoms with van der Waals surface area (Å²) >= 11 is 0. The number of hydrogen-bond donors (Lipinski definition) is 2.